The third-order valence-corrected chi connectivity index (χ3v) is 4.74. The van der Waals surface area contributed by atoms with E-state index in [-0.39, 0.29) is 5.60 Å². The van der Waals surface area contributed by atoms with Crippen molar-refractivity contribution in [3.8, 4) is 0 Å². The zero-order chi connectivity index (χ0) is 10.2. The molecule has 1 heteroatoms. The minimum atomic E-state index is -0.290. The van der Waals surface area contributed by atoms with Crippen molar-refractivity contribution in [2.75, 3.05) is 0 Å². The Morgan fingerprint density at radius 1 is 1.14 bits per heavy atom. The van der Waals surface area contributed by atoms with Crippen LogP contribution in [0.4, 0.5) is 0 Å². The van der Waals surface area contributed by atoms with Gasteiger partial charge in [-0.2, -0.15) is 0 Å². The van der Waals surface area contributed by atoms with Crippen LogP contribution >= 0.6 is 0 Å². The molecule has 14 heavy (non-hydrogen) atoms. The molecule has 0 amide bonds. The third kappa shape index (κ3) is 1.84. The Labute approximate surface area is 87.9 Å². The van der Waals surface area contributed by atoms with Crippen LogP contribution in [-0.4, -0.2) is 10.7 Å². The SMILES string of the molecule is CC1CC(O)(CC2CCCCC2)C1C. The van der Waals surface area contributed by atoms with Crippen molar-refractivity contribution >= 4 is 0 Å². The van der Waals surface area contributed by atoms with Crippen molar-refractivity contribution in [3.63, 3.8) is 0 Å². The first-order valence-electron chi connectivity index (χ1n) is 6.34. The number of rotatable bonds is 2. The second kappa shape index (κ2) is 3.84. The molecule has 3 atom stereocenters. The van der Waals surface area contributed by atoms with Gasteiger partial charge in [0, 0.05) is 0 Å². The van der Waals surface area contributed by atoms with Crippen LogP contribution < -0.4 is 0 Å². The van der Waals surface area contributed by atoms with Crippen LogP contribution in [-0.2, 0) is 0 Å². The molecule has 0 aromatic rings. The molecule has 0 aliphatic heterocycles. The number of hydrogen-bond acceptors (Lipinski definition) is 1. The average Bonchev–Trinajstić information content (AvgIpc) is 2.19. The van der Waals surface area contributed by atoms with Gasteiger partial charge in [0.15, 0.2) is 0 Å². The second-order valence-electron chi connectivity index (χ2n) is 5.78. The predicted molar refractivity (Wildman–Crippen MR) is 59.1 cm³/mol. The molecule has 0 saturated heterocycles. The first kappa shape index (κ1) is 10.5. The summed E-state index contributed by atoms with van der Waals surface area (Å²) in [4.78, 5) is 0. The molecule has 2 saturated carbocycles. The Hall–Kier alpha value is -0.0400. The molecule has 1 N–H and O–H groups in total. The van der Waals surface area contributed by atoms with Gasteiger partial charge in [-0.3, -0.25) is 0 Å². The maximum absolute atomic E-state index is 10.4. The topological polar surface area (TPSA) is 20.2 Å². The first-order chi connectivity index (χ1) is 6.62. The maximum atomic E-state index is 10.4. The molecule has 2 fully saturated rings. The quantitative estimate of drug-likeness (QED) is 0.718. The van der Waals surface area contributed by atoms with E-state index < -0.39 is 0 Å². The summed E-state index contributed by atoms with van der Waals surface area (Å²) in [6.07, 6.45) is 9.06. The van der Waals surface area contributed by atoms with Gasteiger partial charge >= 0.3 is 0 Å². The summed E-state index contributed by atoms with van der Waals surface area (Å²) >= 11 is 0. The summed E-state index contributed by atoms with van der Waals surface area (Å²) in [5.41, 5.74) is -0.290. The van der Waals surface area contributed by atoms with Crippen molar-refractivity contribution < 1.29 is 5.11 Å². The van der Waals surface area contributed by atoms with E-state index in [2.05, 4.69) is 13.8 Å². The van der Waals surface area contributed by atoms with Crippen LogP contribution in [0.5, 0.6) is 0 Å². The lowest BCUT2D eigenvalue weighted by molar-refractivity contribution is -0.140. The first-order valence-corrected chi connectivity index (χ1v) is 6.34. The van der Waals surface area contributed by atoms with Crippen LogP contribution in [0.3, 0.4) is 0 Å². The highest BCUT2D eigenvalue weighted by Gasteiger charge is 2.48. The Morgan fingerprint density at radius 2 is 1.79 bits per heavy atom. The molecule has 2 aliphatic rings. The van der Waals surface area contributed by atoms with Gasteiger partial charge in [0.1, 0.15) is 0 Å². The Kier molecular flexibility index (Phi) is 2.88. The molecular formula is C13H24O. The van der Waals surface area contributed by atoms with Gasteiger partial charge in [-0.05, 0) is 30.6 Å². The summed E-state index contributed by atoms with van der Waals surface area (Å²) in [5, 5.41) is 10.4. The molecule has 0 spiro atoms. The number of hydrogen-bond donors (Lipinski definition) is 1. The fourth-order valence-corrected chi connectivity index (χ4v) is 3.45. The lowest BCUT2D eigenvalue weighted by Gasteiger charge is -2.51. The van der Waals surface area contributed by atoms with Crippen LogP contribution in [0, 0.1) is 17.8 Å². The van der Waals surface area contributed by atoms with E-state index in [1.54, 1.807) is 0 Å². The van der Waals surface area contributed by atoms with E-state index in [4.69, 9.17) is 0 Å². The standard InChI is InChI=1S/C13H24O/c1-10-8-13(14,11(10)2)9-12-6-4-3-5-7-12/h10-12,14H,3-9H2,1-2H3. The van der Waals surface area contributed by atoms with Crippen LogP contribution in [0.15, 0.2) is 0 Å². The Balaban J connectivity index is 1.84. The Bertz CT molecular complexity index is 195. The van der Waals surface area contributed by atoms with Crippen molar-refractivity contribution in [2.24, 2.45) is 17.8 Å². The zero-order valence-corrected chi connectivity index (χ0v) is 9.63. The highest BCUT2D eigenvalue weighted by atomic mass is 16.3. The molecule has 2 rings (SSSR count). The van der Waals surface area contributed by atoms with Gasteiger partial charge in [0.05, 0.1) is 5.60 Å². The predicted octanol–water partition coefficient (Wildman–Crippen LogP) is 3.36. The van der Waals surface area contributed by atoms with Gasteiger partial charge in [-0.1, -0.05) is 46.0 Å². The van der Waals surface area contributed by atoms with E-state index in [0.717, 1.165) is 24.7 Å². The van der Waals surface area contributed by atoms with Gasteiger partial charge in [-0.25, -0.2) is 0 Å². The molecule has 3 unspecified atom stereocenters. The van der Waals surface area contributed by atoms with Crippen LogP contribution in [0.1, 0.15) is 58.8 Å². The molecule has 0 aromatic heterocycles. The highest BCUT2D eigenvalue weighted by Crippen LogP contribution is 2.48. The molecule has 2 aliphatic carbocycles. The largest absolute Gasteiger partial charge is 0.390 e. The van der Waals surface area contributed by atoms with Crippen molar-refractivity contribution in [2.45, 2.75) is 64.4 Å². The molecular weight excluding hydrogens is 172 g/mol. The summed E-state index contributed by atoms with van der Waals surface area (Å²) in [6, 6.07) is 0. The van der Waals surface area contributed by atoms with Gasteiger partial charge < -0.3 is 5.11 Å². The molecule has 0 heterocycles. The van der Waals surface area contributed by atoms with Crippen LogP contribution in [0.25, 0.3) is 0 Å². The Morgan fingerprint density at radius 3 is 2.29 bits per heavy atom. The summed E-state index contributed by atoms with van der Waals surface area (Å²) in [5.74, 6) is 2.09. The molecule has 0 aromatic carbocycles. The molecule has 0 bridgehead atoms. The maximum Gasteiger partial charge on any atom is 0.0681 e. The van der Waals surface area contributed by atoms with E-state index >= 15 is 0 Å². The fourth-order valence-electron chi connectivity index (χ4n) is 3.45. The van der Waals surface area contributed by atoms with E-state index in [1.165, 1.54) is 32.1 Å². The summed E-state index contributed by atoms with van der Waals surface area (Å²) < 4.78 is 0. The fraction of sp³-hybridized carbons (Fsp3) is 1.00. The van der Waals surface area contributed by atoms with E-state index in [9.17, 15) is 5.11 Å². The van der Waals surface area contributed by atoms with Gasteiger partial charge in [0.2, 0.25) is 0 Å². The summed E-state index contributed by atoms with van der Waals surface area (Å²) in [6.45, 7) is 4.48. The van der Waals surface area contributed by atoms with E-state index in [1.807, 2.05) is 0 Å². The van der Waals surface area contributed by atoms with Gasteiger partial charge in [-0.15, -0.1) is 0 Å². The second-order valence-corrected chi connectivity index (χ2v) is 5.78. The van der Waals surface area contributed by atoms with E-state index in [0.29, 0.717) is 5.92 Å². The average molecular weight is 196 g/mol. The highest BCUT2D eigenvalue weighted by molar-refractivity contribution is 4.99. The monoisotopic (exact) mass is 196 g/mol. The van der Waals surface area contributed by atoms with Crippen molar-refractivity contribution in [1.82, 2.24) is 0 Å². The van der Waals surface area contributed by atoms with Crippen molar-refractivity contribution in [3.05, 3.63) is 0 Å². The summed E-state index contributed by atoms with van der Waals surface area (Å²) in [7, 11) is 0. The zero-order valence-electron chi connectivity index (χ0n) is 9.63. The normalized spacial score (nSPS) is 44.8. The van der Waals surface area contributed by atoms with Gasteiger partial charge in [0.25, 0.3) is 0 Å². The molecule has 82 valence electrons. The van der Waals surface area contributed by atoms with Crippen LogP contribution in [0.2, 0.25) is 0 Å². The molecule has 1 nitrogen and oxygen atoms in total. The molecule has 0 radical (unpaired) electrons. The third-order valence-electron chi connectivity index (χ3n) is 4.74. The lowest BCUT2D eigenvalue weighted by Crippen LogP contribution is -2.52. The van der Waals surface area contributed by atoms with Crippen molar-refractivity contribution in [1.29, 1.82) is 0 Å². The lowest BCUT2D eigenvalue weighted by atomic mass is 9.59. The minimum Gasteiger partial charge on any atom is -0.390 e. The number of aliphatic hydroxyl groups is 1. The smallest absolute Gasteiger partial charge is 0.0681 e. The minimum absolute atomic E-state index is 0.290.